The standard InChI is InChI=1S/C28H44N4O4/c1-3-13-31-28(36)25(29)18-23-17-22(10-11-26(23)34)21(7-6-15-33)16-20(2)9-12-27(35)32-19-24-8-4-5-14-30-24/h6-7,10-11,16-17,20,24-25,30,33-34H,3-5,8-9,12-15,18-19,29H2,1-2H3,(H,31,36)(H,32,35)/b7-6-,21-16+. The van der Waals surface area contributed by atoms with Gasteiger partial charge in [-0.05, 0) is 67.0 Å². The zero-order valence-electron chi connectivity index (χ0n) is 21.8. The number of hydrogen-bond acceptors (Lipinski definition) is 6. The lowest BCUT2D eigenvalue weighted by atomic mass is 9.94. The summed E-state index contributed by atoms with van der Waals surface area (Å²) in [5.41, 5.74) is 8.35. The van der Waals surface area contributed by atoms with Crippen LogP contribution in [0.4, 0.5) is 0 Å². The van der Waals surface area contributed by atoms with Crippen LogP contribution in [0.15, 0.2) is 36.4 Å². The lowest BCUT2D eigenvalue weighted by Gasteiger charge is -2.23. The fourth-order valence-corrected chi connectivity index (χ4v) is 4.24. The minimum absolute atomic E-state index is 0.0531. The smallest absolute Gasteiger partial charge is 0.237 e. The Morgan fingerprint density at radius 3 is 2.78 bits per heavy atom. The van der Waals surface area contributed by atoms with Gasteiger partial charge in [-0.3, -0.25) is 9.59 Å². The van der Waals surface area contributed by atoms with E-state index in [9.17, 15) is 19.8 Å². The SMILES string of the molecule is CCCNC(=O)C(N)Cc1cc(C(/C=C\CO)=C/C(C)CCC(=O)NCC2CCCCN2)ccc1O. The largest absolute Gasteiger partial charge is 0.508 e. The van der Waals surface area contributed by atoms with Gasteiger partial charge in [0, 0.05) is 32.0 Å². The number of phenols is 1. The molecule has 1 heterocycles. The minimum Gasteiger partial charge on any atom is -0.508 e. The number of amides is 2. The number of phenolic OH excluding ortho intramolecular Hbond substituents is 1. The summed E-state index contributed by atoms with van der Waals surface area (Å²) in [6, 6.07) is 4.82. The molecule has 1 saturated heterocycles. The molecule has 2 rings (SSSR count). The molecule has 36 heavy (non-hydrogen) atoms. The van der Waals surface area contributed by atoms with Crippen LogP contribution < -0.4 is 21.7 Å². The highest BCUT2D eigenvalue weighted by molar-refractivity contribution is 5.82. The molecule has 1 fully saturated rings. The Hall–Kier alpha value is -2.68. The maximum Gasteiger partial charge on any atom is 0.237 e. The van der Waals surface area contributed by atoms with E-state index in [2.05, 4.69) is 29.0 Å². The number of nitrogens with one attached hydrogen (secondary N) is 3. The average Bonchev–Trinajstić information content (AvgIpc) is 2.89. The highest BCUT2D eigenvalue weighted by atomic mass is 16.3. The van der Waals surface area contributed by atoms with Crippen molar-refractivity contribution in [1.82, 2.24) is 16.0 Å². The number of piperidine rings is 1. The maximum atomic E-state index is 12.3. The minimum atomic E-state index is -0.764. The van der Waals surface area contributed by atoms with Crippen LogP contribution in [0.1, 0.15) is 63.5 Å². The van der Waals surface area contributed by atoms with Crippen molar-refractivity contribution in [2.24, 2.45) is 11.7 Å². The van der Waals surface area contributed by atoms with Crippen LogP contribution >= 0.6 is 0 Å². The van der Waals surface area contributed by atoms with E-state index < -0.39 is 6.04 Å². The van der Waals surface area contributed by atoms with Crippen LogP contribution in [0.5, 0.6) is 5.75 Å². The molecular weight excluding hydrogens is 456 g/mol. The summed E-state index contributed by atoms with van der Waals surface area (Å²) in [7, 11) is 0. The number of aromatic hydroxyl groups is 1. The maximum absolute atomic E-state index is 12.3. The molecule has 3 atom stereocenters. The lowest BCUT2D eigenvalue weighted by molar-refractivity contribution is -0.122. The van der Waals surface area contributed by atoms with E-state index in [0.29, 0.717) is 37.5 Å². The molecule has 2 amide bonds. The molecule has 7 N–H and O–H groups in total. The van der Waals surface area contributed by atoms with Gasteiger partial charge in [0.1, 0.15) is 5.75 Å². The van der Waals surface area contributed by atoms with Crippen molar-refractivity contribution in [3.63, 3.8) is 0 Å². The third-order valence-corrected chi connectivity index (χ3v) is 6.39. The molecule has 0 aromatic heterocycles. The van der Waals surface area contributed by atoms with Crippen LogP contribution in [-0.4, -0.2) is 60.4 Å². The highest BCUT2D eigenvalue weighted by Crippen LogP contribution is 2.27. The number of carbonyl (C=O) groups excluding carboxylic acids is 2. The number of benzene rings is 1. The normalized spacial score (nSPS) is 18.1. The van der Waals surface area contributed by atoms with Crippen LogP contribution in [0.25, 0.3) is 5.57 Å². The first-order valence-corrected chi connectivity index (χ1v) is 13.2. The summed E-state index contributed by atoms with van der Waals surface area (Å²) < 4.78 is 0. The summed E-state index contributed by atoms with van der Waals surface area (Å²) >= 11 is 0. The van der Waals surface area contributed by atoms with Gasteiger partial charge in [0.25, 0.3) is 0 Å². The summed E-state index contributed by atoms with van der Waals surface area (Å²) in [4.78, 5) is 24.5. The molecular formula is C28H44N4O4. The Morgan fingerprint density at radius 2 is 2.08 bits per heavy atom. The molecule has 1 aliphatic rings. The number of nitrogens with two attached hydrogens (primary N) is 1. The Bertz CT molecular complexity index is 894. The first-order chi connectivity index (χ1) is 17.3. The molecule has 0 bridgehead atoms. The monoisotopic (exact) mass is 500 g/mol. The molecule has 8 heteroatoms. The summed E-state index contributed by atoms with van der Waals surface area (Å²) in [5.74, 6) is 0.00229. The first-order valence-electron chi connectivity index (χ1n) is 13.2. The molecule has 0 radical (unpaired) electrons. The molecule has 8 nitrogen and oxygen atoms in total. The lowest BCUT2D eigenvalue weighted by Crippen LogP contribution is -2.43. The van der Waals surface area contributed by atoms with Gasteiger partial charge in [-0.1, -0.05) is 44.6 Å². The van der Waals surface area contributed by atoms with E-state index in [1.165, 1.54) is 12.8 Å². The van der Waals surface area contributed by atoms with Crippen LogP contribution in [0.3, 0.4) is 0 Å². The molecule has 3 unspecified atom stereocenters. The van der Waals surface area contributed by atoms with Gasteiger partial charge in [-0.2, -0.15) is 0 Å². The van der Waals surface area contributed by atoms with E-state index in [0.717, 1.165) is 30.5 Å². The number of hydrogen-bond donors (Lipinski definition) is 6. The van der Waals surface area contributed by atoms with Crippen LogP contribution in [0.2, 0.25) is 0 Å². The molecule has 200 valence electrons. The topological polar surface area (TPSA) is 137 Å². The molecule has 1 aromatic carbocycles. The Labute approximate surface area is 215 Å². The quantitative estimate of drug-likeness (QED) is 0.217. The van der Waals surface area contributed by atoms with Crippen LogP contribution in [0, 0.1) is 5.92 Å². The fraction of sp³-hybridized carbons (Fsp3) is 0.571. The van der Waals surface area contributed by atoms with Crippen molar-refractivity contribution in [3.05, 3.63) is 47.6 Å². The van der Waals surface area contributed by atoms with Crippen molar-refractivity contribution < 1.29 is 19.8 Å². The van der Waals surface area contributed by atoms with E-state index in [4.69, 9.17) is 5.73 Å². The van der Waals surface area contributed by atoms with E-state index in [-0.39, 0.29) is 36.5 Å². The van der Waals surface area contributed by atoms with Gasteiger partial charge in [0.2, 0.25) is 11.8 Å². The zero-order chi connectivity index (χ0) is 26.3. The number of aliphatic hydroxyl groups is 1. The second-order valence-corrected chi connectivity index (χ2v) is 9.62. The van der Waals surface area contributed by atoms with Crippen molar-refractivity contribution in [2.45, 2.75) is 70.9 Å². The third-order valence-electron chi connectivity index (χ3n) is 6.39. The summed E-state index contributed by atoms with van der Waals surface area (Å²) in [6.07, 6.45) is 11.2. The van der Waals surface area contributed by atoms with E-state index in [1.54, 1.807) is 18.2 Å². The molecule has 0 aliphatic carbocycles. The molecule has 1 aromatic rings. The number of allylic oxidation sites excluding steroid dienone is 3. The Morgan fingerprint density at radius 1 is 1.28 bits per heavy atom. The molecule has 0 saturated carbocycles. The highest BCUT2D eigenvalue weighted by Gasteiger charge is 2.17. The third kappa shape index (κ3) is 10.5. The summed E-state index contributed by atoms with van der Waals surface area (Å²) in [6.45, 7) is 6.17. The van der Waals surface area contributed by atoms with E-state index in [1.807, 2.05) is 19.1 Å². The second-order valence-electron chi connectivity index (χ2n) is 9.62. The Kier molecular flexibility index (Phi) is 13.2. The molecule has 1 aliphatic heterocycles. The predicted octanol–water partition coefficient (Wildman–Crippen LogP) is 2.39. The Balaban J connectivity index is 2.03. The first kappa shape index (κ1) is 29.5. The van der Waals surface area contributed by atoms with Crippen LogP contribution in [-0.2, 0) is 16.0 Å². The predicted molar refractivity (Wildman–Crippen MR) is 144 cm³/mol. The number of aliphatic hydroxyl groups excluding tert-OH is 1. The van der Waals surface area contributed by atoms with Gasteiger partial charge >= 0.3 is 0 Å². The van der Waals surface area contributed by atoms with Gasteiger partial charge in [0.15, 0.2) is 0 Å². The number of rotatable bonds is 14. The zero-order valence-corrected chi connectivity index (χ0v) is 21.8. The van der Waals surface area contributed by atoms with Crippen molar-refractivity contribution in [1.29, 1.82) is 0 Å². The second kappa shape index (κ2) is 16.1. The van der Waals surface area contributed by atoms with Gasteiger partial charge in [-0.25, -0.2) is 0 Å². The molecule has 0 spiro atoms. The van der Waals surface area contributed by atoms with Crippen molar-refractivity contribution in [2.75, 3.05) is 26.2 Å². The summed E-state index contributed by atoms with van der Waals surface area (Å²) in [5, 5.41) is 28.9. The van der Waals surface area contributed by atoms with Gasteiger partial charge in [0.05, 0.1) is 12.6 Å². The average molecular weight is 501 g/mol. The van der Waals surface area contributed by atoms with Gasteiger partial charge in [-0.15, -0.1) is 0 Å². The fourth-order valence-electron chi connectivity index (χ4n) is 4.24. The van der Waals surface area contributed by atoms with Crippen molar-refractivity contribution >= 4 is 17.4 Å². The number of carbonyl (C=O) groups is 2. The van der Waals surface area contributed by atoms with Crippen molar-refractivity contribution in [3.8, 4) is 5.75 Å². The van der Waals surface area contributed by atoms with Gasteiger partial charge < -0.3 is 31.9 Å². The van der Waals surface area contributed by atoms with E-state index >= 15 is 0 Å².